The van der Waals surface area contributed by atoms with E-state index in [0.717, 1.165) is 44.6 Å². The molecule has 54 heavy (non-hydrogen) atoms. The number of hydrogen-bond donors (Lipinski definition) is 0. The number of rotatable bonds is 7. The fourth-order valence-corrected chi connectivity index (χ4v) is 7.95. The van der Waals surface area contributed by atoms with Crippen molar-refractivity contribution in [3.05, 3.63) is 212 Å². The molecule has 0 radical (unpaired) electrons. The number of furan rings is 1. The van der Waals surface area contributed by atoms with Crippen LogP contribution in [0.2, 0.25) is 0 Å². The molecular formula is C52H35NO. The average molecular weight is 690 g/mol. The number of fused-ring (bicyclic) bond motifs is 4. The molecule has 0 amide bonds. The van der Waals surface area contributed by atoms with Crippen LogP contribution in [-0.4, -0.2) is 0 Å². The maximum atomic E-state index is 6.42. The highest BCUT2D eigenvalue weighted by Gasteiger charge is 2.18. The van der Waals surface area contributed by atoms with Crippen molar-refractivity contribution < 1.29 is 4.42 Å². The Hall–Kier alpha value is -7.16. The lowest BCUT2D eigenvalue weighted by Crippen LogP contribution is -2.10. The van der Waals surface area contributed by atoms with Gasteiger partial charge in [0.2, 0.25) is 0 Å². The van der Waals surface area contributed by atoms with Crippen molar-refractivity contribution in [2.45, 2.75) is 0 Å². The van der Waals surface area contributed by atoms with Crippen LogP contribution in [0.3, 0.4) is 0 Å². The molecule has 2 nitrogen and oxygen atoms in total. The minimum absolute atomic E-state index is 0.866. The Kier molecular flexibility index (Phi) is 7.85. The molecule has 254 valence electrons. The van der Waals surface area contributed by atoms with E-state index in [2.05, 4.69) is 205 Å². The predicted octanol–water partition coefficient (Wildman–Crippen LogP) is 14.9. The van der Waals surface area contributed by atoms with Crippen molar-refractivity contribution in [3.63, 3.8) is 0 Å². The summed E-state index contributed by atoms with van der Waals surface area (Å²) in [5.41, 5.74) is 14.5. The van der Waals surface area contributed by atoms with Gasteiger partial charge in [-0.15, -0.1) is 0 Å². The van der Waals surface area contributed by atoms with Gasteiger partial charge in [0.25, 0.3) is 0 Å². The Morgan fingerprint density at radius 3 is 1.52 bits per heavy atom. The van der Waals surface area contributed by atoms with E-state index in [4.69, 9.17) is 4.42 Å². The van der Waals surface area contributed by atoms with E-state index in [1.807, 2.05) is 12.1 Å². The van der Waals surface area contributed by atoms with Crippen molar-refractivity contribution in [1.82, 2.24) is 0 Å². The van der Waals surface area contributed by atoms with E-state index in [0.29, 0.717) is 0 Å². The van der Waals surface area contributed by atoms with Crippen LogP contribution in [-0.2, 0) is 0 Å². The van der Waals surface area contributed by atoms with E-state index >= 15 is 0 Å². The highest BCUT2D eigenvalue weighted by atomic mass is 16.3. The lowest BCUT2D eigenvalue weighted by Gasteiger charge is -2.26. The fraction of sp³-hybridized carbons (Fsp3) is 0. The summed E-state index contributed by atoms with van der Waals surface area (Å²) < 4.78 is 6.42. The van der Waals surface area contributed by atoms with Gasteiger partial charge in [-0.3, -0.25) is 0 Å². The topological polar surface area (TPSA) is 16.4 Å². The Labute approximate surface area is 314 Å². The molecule has 0 saturated heterocycles. The van der Waals surface area contributed by atoms with Crippen molar-refractivity contribution in [2.24, 2.45) is 0 Å². The zero-order chi connectivity index (χ0) is 35.8. The molecule has 0 unspecified atom stereocenters. The first-order valence-corrected chi connectivity index (χ1v) is 18.4. The third-order valence-corrected chi connectivity index (χ3v) is 10.5. The van der Waals surface area contributed by atoms with Gasteiger partial charge < -0.3 is 9.32 Å². The summed E-state index contributed by atoms with van der Waals surface area (Å²) in [4.78, 5) is 2.34. The Balaban J connectivity index is 1.13. The van der Waals surface area contributed by atoms with Gasteiger partial charge in [0.05, 0.1) is 0 Å². The Bertz CT molecular complexity index is 2920. The fourth-order valence-electron chi connectivity index (χ4n) is 7.95. The molecule has 9 aromatic carbocycles. The van der Waals surface area contributed by atoms with Gasteiger partial charge in [0, 0.05) is 33.9 Å². The van der Waals surface area contributed by atoms with Gasteiger partial charge in [0.15, 0.2) is 0 Å². The van der Waals surface area contributed by atoms with Crippen LogP contribution < -0.4 is 4.90 Å². The molecule has 1 heterocycles. The van der Waals surface area contributed by atoms with Gasteiger partial charge >= 0.3 is 0 Å². The smallest absolute Gasteiger partial charge is 0.137 e. The first kappa shape index (κ1) is 31.6. The number of anilines is 3. The summed E-state index contributed by atoms with van der Waals surface area (Å²) in [5.74, 6) is 0. The highest BCUT2D eigenvalue weighted by molar-refractivity contribution is 6.08. The van der Waals surface area contributed by atoms with Crippen molar-refractivity contribution >= 4 is 49.8 Å². The monoisotopic (exact) mass is 689 g/mol. The SMILES string of the molecule is c1ccc(-c2ccccc2-c2ccc(N(c3cccc(-c4cccc5cccc(-c6ccccc6)c45)c3)c3ccc4c(c3)oc3ccccc34)cc2)cc1. The van der Waals surface area contributed by atoms with Crippen molar-refractivity contribution in [1.29, 1.82) is 0 Å². The van der Waals surface area contributed by atoms with E-state index in [9.17, 15) is 0 Å². The first-order valence-electron chi connectivity index (χ1n) is 18.4. The zero-order valence-electron chi connectivity index (χ0n) is 29.6. The van der Waals surface area contributed by atoms with Crippen LogP contribution in [0, 0.1) is 0 Å². The second-order valence-electron chi connectivity index (χ2n) is 13.7. The predicted molar refractivity (Wildman–Crippen MR) is 228 cm³/mol. The first-order chi connectivity index (χ1) is 26.8. The number of nitrogens with zero attached hydrogens (tertiary/aromatic N) is 1. The Morgan fingerprint density at radius 1 is 0.296 bits per heavy atom. The summed E-state index contributed by atoms with van der Waals surface area (Å²) >= 11 is 0. The van der Waals surface area contributed by atoms with Crippen LogP contribution in [0.4, 0.5) is 17.1 Å². The van der Waals surface area contributed by atoms with Crippen LogP contribution in [0.1, 0.15) is 0 Å². The third-order valence-electron chi connectivity index (χ3n) is 10.5. The molecular weight excluding hydrogens is 655 g/mol. The molecule has 10 aromatic rings. The van der Waals surface area contributed by atoms with E-state index in [-0.39, 0.29) is 0 Å². The average Bonchev–Trinajstić information content (AvgIpc) is 3.62. The lowest BCUT2D eigenvalue weighted by atomic mass is 9.91. The minimum atomic E-state index is 0.866. The molecule has 0 aliphatic carbocycles. The van der Waals surface area contributed by atoms with E-state index in [1.165, 1.54) is 49.7 Å². The number of para-hydroxylation sites is 1. The quantitative estimate of drug-likeness (QED) is 0.166. The van der Waals surface area contributed by atoms with E-state index < -0.39 is 0 Å². The zero-order valence-corrected chi connectivity index (χ0v) is 29.6. The summed E-state index contributed by atoms with van der Waals surface area (Å²) in [6.07, 6.45) is 0. The van der Waals surface area contributed by atoms with Crippen LogP contribution in [0.25, 0.3) is 77.2 Å². The van der Waals surface area contributed by atoms with Crippen molar-refractivity contribution in [3.8, 4) is 44.5 Å². The molecule has 0 spiro atoms. The van der Waals surface area contributed by atoms with Gasteiger partial charge in [-0.25, -0.2) is 0 Å². The molecule has 0 aliphatic rings. The number of hydrogen-bond acceptors (Lipinski definition) is 2. The third kappa shape index (κ3) is 5.62. The van der Waals surface area contributed by atoms with Gasteiger partial charge in [-0.1, -0.05) is 164 Å². The molecule has 0 N–H and O–H groups in total. The molecule has 1 aromatic heterocycles. The van der Waals surface area contributed by atoms with E-state index in [1.54, 1.807) is 0 Å². The van der Waals surface area contributed by atoms with Crippen LogP contribution in [0.15, 0.2) is 217 Å². The van der Waals surface area contributed by atoms with Gasteiger partial charge in [-0.05, 0) is 97.7 Å². The normalized spacial score (nSPS) is 11.3. The van der Waals surface area contributed by atoms with Crippen LogP contribution in [0.5, 0.6) is 0 Å². The van der Waals surface area contributed by atoms with Crippen LogP contribution >= 0.6 is 0 Å². The summed E-state index contributed by atoms with van der Waals surface area (Å²) in [7, 11) is 0. The maximum absolute atomic E-state index is 6.42. The second kappa shape index (κ2) is 13.4. The molecule has 10 rings (SSSR count). The standard InChI is InChI=1S/C52H35NO/c1-3-14-36(15-4-1)44-22-7-8-23-45(44)38-28-30-41(31-29-38)53(43-32-33-49-48-24-9-10-27-50(48)54-51(49)35-43)42-21-11-20-40(34-42)47-26-13-19-39-18-12-25-46(52(39)47)37-16-5-2-6-17-37/h1-35H. The molecule has 0 aliphatic heterocycles. The largest absolute Gasteiger partial charge is 0.456 e. The molecule has 0 atom stereocenters. The molecule has 0 fully saturated rings. The number of benzene rings is 9. The highest BCUT2D eigenvalue weighted by Crippen LogP contribution is 2.43. The van der Waals surface area contributed by atoms with Gasteiger partial charge in [-0.2, -0.15) is 0 Å². The maximum Gasteiger partial charge on any atom is 0.137 e. The summed E-state index contributed by atoms with van der Waals surface area (Å²) in [6.45, 7) is 0. The minimum Gasteiger partial charge on any atom is -0.456 e. The molecule has 0 bridgehead atoms. The molecule has 2 heteroatoms. The van der Waals surface area contributed by atoms with Gasteiger partial charge in [0.1, 0.15) is 11.2 Å². The second-order valence-corrected chi connectivity index (χ2v) is 13.7. The summed E-state index contributed by atoms with van der Waals surface area (Å²) in [6, 6.07) is 75.9. The Morgan fingerprint density at radius 2 is 0.796 bits per heavy atom. The molecule has 0 saturated carbocycles. The van der Waals surface area contributed by atoms with Crippen molar-refractivity contribution in [2.75, 3.05) is 4.90 Å². The summed E-state index contributed by atoms with van der Waals surface area (Å²) in [5, 5.41) is 4.71. The lowest BCUT2D eigenvalue weighted by molar-refractivity contribution is 0.669.